The number of benzene rings is 2. The minimum absolute atomic E-state index is 0.194. The fraction of sp³-hybridized carbons (Fsp3) is 0.150. The first-order chi connectivity index (χ1) is 13.2. The second kappa shape index (κ2) is 7.33. The molecule has 7 heteroatoms. The van der Waals surface area contributed by atoms with E-state index < -0.39 is 0 Å². The molecular weight excluding hydrogens is 340 g/mol. The summed E-state index contributed by atoms with van der Waals surface area (Å²) >= 11 is 0. The van der Waals surface area contributed by atoms with Crippen LogP contribution >= 0.6 is 0 Å². The highest BCUT2D eigenvalue weighted by atomic mass is 16.1. The van der Waals surface area contributed by atoms with Gasteiger partial charge in [0.25, 0.3) is 11.3 Å². The molecule has 0 fully saturated rings. The Bertz CT molecular complexity index is 1100. The van der Waals surface area contributed by atoms with E-state index >= 15 is 0 Å². The zero-order chi connectivity index (χ0) is 18.6. The first-order valence-corrected chi connectivity index (χ1v) is 8.74. The number of hydrogen-bond donors (Lipinski definition) is 3. The molecule has 4 rings (SSSR count). The molecule has 0 aliphatic rings. The molecule has 27 heavy (non-hydrogen) atoms. The molecule has 0 saturated carbocycles. The van der Waals surface area contributed by atoms with Crippen LogP contribution in [0.25, 0.3) is 5.78 Å². The zero-order valence-corrected chi connectivity index (χ0v) is 14.9. The number of rotatable bonds is 6. The summed E-state index contributed by atoms with van der Waals surface area (Å²) < 4.78 is 1.34. The number of fused-ring (bicyclic) bond motifs is 1. The Kier molecular flexibility index (Phi) is 4.57. The summed E-state index contributed by atoms with van der Waals surface area (Å²) in [5.74, 6) is 0.853. The van der Waals surface area contributed by atoms with E-state index in [9.17, 15) is 4.79 Å². The van der Waals surface area contributed by atoms with Crippen molar-refractivity contribution in [1.82, 2.24) is 19.6 Å². The fourth-order valence-electron chi connectivity index (χ4n) is 2.74. The molecular formula is C20H20N6O. The molecule has 0 unspecified atom stereocenters. The van der Waals surface area contributed by atoms with E-state index in [1.807, 2.05) is 61.5 Å². The third-order valence-corrected chi connectivity index (χ3v) is 4.21. The quantitative estimate of drug-likeness (QED) is 0.492. The number of nitrogens with zero attached hydrogens (tertiary/aromatic N) is 3. The Labute approximate surface area is 156 Å². The van der Waals surface area contributed by atoms with E-state index in [1.54, 1.807) is 0 Å². The van der Waals surface area contributed by atoms with Crippen LogP contribution in [-0.4, -0.2) is 19.6 Å². The van der Waals surface area contributed by atoms with Gasteiger partial charge in [0.1, 0.15) is 0 Å². The average Bonchev–Trinajstić information content (AvgIpc) is 3.10. The third-order valence-electron chi connectivity index (χ3n) is 4.21. The number of anilines is 2. The van der Waals surface area contributed by atoms with Gasteiger partial charge in [-0.05, 0) is 24.6 Å². The molecule has 0 spiro atoms. The minimum Gasteiger partial charge on any atom is -0.379 e. The summed E-state index contributed by atoms with van der Waals surface area (Å²) in [5.41, 5.74) is 3.75. The summed E-state index contributed by atoms with van der Waals surface area (Å²) in [6.07, 6.45) is 0. The van der Waals surface area contributed by atoms with Crippen molar-refractivity contribution in [2.75, 3.05) is 10.6 Å². The van der Waals surface area contributed by atoms with Crippen molar-refractivity contribution >= 4 is 17.4 Å². The maximum Gasteiger partial charge on any atom is 0.274 e. The first-order valence-electron chi connectivity index (χ1n) is 8.74. The molecule has 0 amide bonds. The molecule has 7 nitrogen and oxygen atoms in total. The summed E-state index contributed by atoms with van der Waals surface area (Å²) in [4.78, 5) is 21.2. The standard InChI is InChI=1S/C20H20N6O/c1-14-7-9-16(10-8-14)21-13-17-11-18(27)26-20(23-17)24-19(25-26)22-12-15-5-3-2-4-6-15/h2-11,21H,12-13H2,1H3,(H2,22,23,24,25). The maximum absolute atomic E-state index is 12.3. The van der Waals surface area contributed by atoms with Crippen molar-refractivity contribution in [1.29, 1.82) is 0 Å². The highest BCUT2D eigenvalue weighted by Crippen LogP contribution is 2.10. The van der Waals surface area contributed by atoms with E-state index in [0.717, 1.165) is 11.3 Å². The molecule has 0 radical (unpaired) electrons. The van der Waals surface area contributed by atoms with Crippen molar-refractivity contribution in [2.45, 2.75) is 20.0 Å². The molecule has 2 aromatic heterocycles. The van der Waals surface area contributed by atoms with Gasteiger partial charge < -0.3 is 10.6 Å². The van der Waals surface area contributed by atoms with Crippen molar-refractivity contribution in [2.24, 2.45) is 0 Å². The number of nitrogens with one attached hydrogen (secondary N) is 3. The lowest BCUT2D eigenvalue weighted by Crippen LogP contribution is -2.17. The van der Waals surface area contributed by atoms with Gasteiger partial charge in [-0.15, -0.1) is 0 Å². The monoisotopic (exact) mass is 360 g/mol. The van der Waals surface area contributed by atoms with Crippen molar-refractivity contribution in [3.8, 4) is 0 Å². The second-order valence-corrected chi connectivity index (χ2v) is 6.35. The molecule has 0 bridgehead atoms. The van der Waals surface area contributed by atoms with Crippen LogP contribution in [0.5, 0.6) is 0 Å². The highest BCUT2D eigenvalue weighted by molar-refractivity contribution is 5.45. The molecule has 0 aliphatic heterocycles. The van der Waals surface area contributed by atoms with Gasteiger partial charge in [-0.1, -0.05) is 48.0 Å². The number of H-pyrrole nitrogens is 1. The number of aromatic nitrogens is 4. The van der Waals surface area contributed by atoms with Gasteiger partial charge in [0, 0.05) is 18.3 Å². The predicted octanol–water partition coefficient (Wildman–Crippen LogP) is 2.95. The van der Waals surface area contributed by atoms with Crippen LogP contribution in [0.1, 0.15) is 16.8 Å². The molecule has 2 heterocycles. The van der Waals surface area contributed by atoms with Crippen LogP contribution in [0, 0.1) is 6.92 Å². The maximum atomic E-state index is 12.3. The van der Waals surface area contributed by atoms with Crippen molar-refractivity contribution in [3.63, 3.8) is 0 Å². The fourth-order valence-corrected chi connectivity index (χ4v) is 2.74. The molecule has 4 aromatic rings. The smallest absolute Gasteiger partial charge is 0.274 e. The number of aryl methyl sites for hydroxylation is 1. The van der Waals surface area contributed by atoms with Crippen LogP contribution in [0.4, 0.5) is 11.6 Å². The Hall–Kier alpha value is -3.61. The predicted molar refractivity (Wildman–Crippen MR) is 106 cm³/mol. The van der Waals surface area contributed by atoms with E-state index in [2.05, 4.69) is 25.7 Å². The van der Waals surface area contributed by atoms with Gasteiger partial charge in [0.05, 0.1) is 12.2 Å². The Morgan fingerprint density at radius 2 is 1.74 bits per heavy atom. The lowest BCUT2D eigenvalue weighted by molar-refractivity contribution is 0.874. The average molecular weight is 360 g/mol. The Morgan fingerprint density at radius 1 is 0.963 bits per heavy atom. The van der Waals surface area contributed by atoms with E-state index in [4.69, 9.17) is 0 Å². The topological polar surface area (TPSA) is 87.1 Å². The van der Waals surface area contributed by atoms with Gasteiger partial charge in [-0.2, -0.15) is 9.50 Å². The molecule has 0 saturated heterocycles. The van der Waals surface area contributed by atoms with Crippen LogP contribution in [0.3, 0.4) is 0 Å². The molecule has 136 valence electrons. The van der Waals surface area contributed by atoms with Gasteiger partial charge in [0.2, 0.25) is 5.95 Å². The van der Waals surface area contributed by atoms with Crippen molar-refractivity contribution in [3.05, 3.63) is 87.8 Å². The van der Waals surface area contributed by atoms with E-state index in [0.29, 0.717) is 30.5 Å². The third kappa shape index (κ3) is 3.98. The largest absolute Gasteiger partial charge is 0.379 e. The molecule has 0 atom stereocenters. The number of hydrogen-bond acceptors (Lipinski definition) is 5. The van der Waals surface area contributed by atoms with Crippen LogP contribution in [-0.2, 0) is 13.1 Å². The summed E-state index contributed by atoms with van der Waals surface area (Å²) in [5, 5.41) is 9.39. The summed E-state index contributed by atoms with van der Waals surface area (Å²) in [6, 6.07) is 19.6. The van der Waals surface area contributed by atoms with Gasteiger partial charge >= 0.3 is 0 Å². The van der Waals surface area contributed by atoms with E-state index in [1.165, 1.54) is 16.1 Å². The van der Waals surface area contributed by atoms with Crippen LogP contribution in [0.15, 0.2) is 65.5 Å². The summed E-state index contributed by atoms with van der Waals surface area (Å²) in [7, 11) is 0. The van der Waals surface area contributed by atoms with E-state index in [-0.39, 0.29) is 5.56 Å². The van der Waals surface area contributed by atoms with Crippen molar-refractivity contribution < 1.29 is 0 Å². The van der Waals surface area contributed by atoms with Crippen LogP contribution < -0.4 is 16.2 Å². The second-order valence-electron chi connectivity index (χ2n) is 6.35. The minimum atomic E-state index is -0.194. The SMILES string of the molecule is Cc1ccc(NCc2cc(=O)n3[nH]c(NCc4ccccc4)nc3n2)cc1. The number of aromatic amines is 1. The molecule has 3 N–H and O–H groups in total. The highest BCUT2D eigenvalue weighted by Gasteiger charge is 2.08. The molecule has 0 aliphatic carbocycles. The normalized spacial score (nSPS) is 10.9. The summed E-state index contributed by atoms with van der Waals surface area (Å²) in [6.45, 7) is 3.10. The van der Waals surface area contributed by atoms with Gasteiger partial charge in [0.15, 0.2) is 0 Å². The lowest BCUT2D eigenvalue weighted by Gasteiger charge is -2.05. The Morgan fingerprint density at radius 3 is 2.52 bits per heavy atom. The van der Waals surface area contributed by atoms with Gasteiger partial charge in [-0.25, -0.2) is 4.98 Å². The Balaban J connectivity index is 1.49. The lowest BCUT2D eigenvalue weighted by atomic mass is 10.2. The van der Waals surface area contributed by atoms with Gasteiger partial charge in [-0.3, -0.25) is 9.89 Å². The first kappa shape index (κ1) is 16.8. The van der Waals surface area contributed by atoms with Crippen LogP contribution in [0.2, 0.25) is 0 Å². The molecule has 2 aromatic carbocycles. The zero-order valence-electron chi connectivity index (χ0n) is 14.9.